The average molecular weight is 2370 g/mol. The van der Waals surface area contributed by atoms with Crippen molar-refractivity contribution in [2.45, 2.75) is 262 Å². The molecule has 1 fully saturated rings. The van der Waals surface area contributed by atoms with E-state index in [0.29, 0.717) is 26.9 Å². The minimum absolute atomic E-state index is 0. The van der Waals surface area contributed by atoms with Crippen molar-refractivity contribution in [3.63, 3.8) is 0 Å². The number of carbonyl (C=O) groups is 13. The molecule has 0 radical (unpaired) electrons. The van der Waals surface area contributed by atoms with Gasteiger partial charge in [0.2, 0.25) is 38.7 Å². The maximum Gasteiger partial charge on any atom is 1.00 e. The molecule has 5 aromatic rings. The first-order chi connectivity index (χ1) is 67.1. The van der Waals surface area contributed by atoms with Crippen LogP contribution in [0.25, 0.3) is 0 Å². The van der Waals surface area contributed by atoms with Gasteiger partial charge in [0.15, 0.2) is 18.3 Å². The summed E-state index contributed by atoms with van der Waals surface area (Å²) in [5.74, 6) is -9.09. The zero-order valence-electron chi connectivity index (χ0n) is 85.4. The zero-order valence-corrected chi connectivity index (χ0v) is 94.0. The number of aliphatic hydroxyl groups is 2. The second-order valence-corrected chi connectivity index (χ2v) is 44.5. The van der Waals surface area contributed by atoms with Gasteiger partial charge in [0, 0.05) is 100 Å². The number of carbonyl (C=O) groups excluding carboxylic acids is 13. The number of nitrogens with one attached hydrogen (secondary N) is 6. The quantitative estimate of drug-likeness (QED) is 0.00439. The third-order valence-electron chi connectivity index (χ3n) is 23.3. The van der Waals surface area contributed by atoms with E-state index < -0.39 is 206 Å². The molecule has 0 aliphatic carbocycles. The Labute approximate surface area is 908 Å². The molecule has 9 rings (SSSR count). The van der Waals surface area contributed by atoms with E-state index in [2.05, 4.69) is 40.2 Å². The number of benzene rings is 5. The number of amides is 6. The molecule has 6 amide bonds. The Morgan fingerprint density at radius 1 is 0.476 bits per heavy atom. The molecule has 147 heavy (non-hydrogen) atoms. The van der Waals surface area contributed by atoms with E-state index >= 15 is 0 Å². The molecular weight excluding hydrogens is 2230 g/mol. The molecule has 4 aliphatic rings. The van der Waals surface area contributed by atoms with Crippen LogP contribution in [0.2, 0.25) is 15.1 Å². The number of rotatable bonds is 23. The molecular formula is C101H141Cl3FI2N6NaO33. The van der Waals surface area contributed by atoms with Crippen LogP contribution in [0, 0.1) is 72.5 Å². The van der Waals surface area contributed by atoms with Gasteiger partial charge in [-0.2, -0.15) is 0 Å². The summed E-state index contributed by atoms with van der Waals surface area (Å²) in [5.41, 5.74) is 2.77. The molecule has 4 heterocycles. The molecule has 3 unspecified atom stereocenters. The Kier molecular flexibility index (Phi) is 58.1. The average Bonchev–Trinajstić information content (AvgIpc) is 1.63. The molecule has 816 valence electrons. The van der Waals surface area contributed by atoms with Crippen molar-refractivity contribution >= 4 is 112 Å². The van der Waals surface area contributed by atoms with E-state index in [1.165, 1.54) is 30.4 Å². The fourth-order valence-corrected chi connectivity index (χ4v) is 15.2. The van der Waals surface area contributed by atoms with Crippen molar-refractivity contribution in [3.8, 4) is 0 Å². The van der Waals surface area contributed by atoms with Crippen LogP contribution in [-0.4, -0.2) is 185 Å². The minimum Gasteiger partial charge on any atom is -0.459 e. The fourth-order valence-electron chi connectivity index (χ4n) is 14.4. The van der Waals surface area contributed by atoms with Crippen LogP contribution >= 0.6 is 34.8 Å². The zero-order chi connectivity index (χ0) is 108. The Bertz CT molecular complexity index is 5250. The van der Waals surface area contributed by atoms with E-state index in [1.807, 2.05) is 136 Å². The number of cyclic esters (lactones) is 6. The van der Waals surface area contributed by atoms with Gasteiger partial charge in [0.1, 0.15) is 75.0 Å². The van der Waals surface area contributed by atoms with Crippen LogP contribution in [0.3, 0.4) is 0 Å². The van der Waals surface area contributed by atoms with Crippen LogP contribution in [-0.2, 0) is 123 Å². The van der Waals surface area contributed by atoms with Gasteiger partial charge in [-0.1, -0.05) is 212 Å². The van der Waals surface area contributed by atoms with Crippen molar-refractivity contribution < 1.29 is 227 Å². The number of ether oxygens (including phenoxy) is 7. The molecule has 46 heteroatoms. The van der Waals surface area contributed by atoms with Gasteiger partial charge in [0.05, 0.1) is 28.5 Å². The maximum atomic E-state index is 13.6. The maximum absolute atomic E-state index is 13.6. The number of aryl methyl sites for hydroxylation is 3. The number of hydrogen-bond donors (Lipinski definition) is 9. The van der Waals surface area contributed by atoms with Crippen LogP contribution in [0.15, 0.2) is 152 Å². The fraction of sp³-hybridized carbons (Fsp3) is 0.515. The molecule has 0 bridgehead atoms. The van der Waals surface area contributed by atoms with Crippen molar-refractivity contribution in [3.05, 3.63) is 211 Å². The summed E-state index contributed by atoms with van der Waals surface area (Å²) >= 11 is 7.21. The Morgan fingerprint density at radius 2 is 0.782 bits per heavy atom. The van der Waals surface area contributed by atoms with Crippen molar-refractivity contribution in [2.24, 2.45) is 51.8 Å². The number of aldehydes is 1. The van der Waals surface area contributed by atoms with E-state index in [4.69, 9.17) is 87.0 Å². The van der Waals surface area contributed by atoms with Gasteiger partial charge >= 0.3 is 85.5 Å². The molecule has 5 aromatic carbocycles. The molecule has 4 aliphatic heterocycles. The molecule has 1 saturated heterocycles. The predicted molar refractivity (Wildman–Crippen MR) is 517 cm³/mol. The molecule has 39 nitrogen and oxygen atoms in total. The largest absolute Gasteiger partial charge is 1.00 e. The topological polar surface area (TPSA) is 634 Å². The van der Waals surface area contributed by atoms with Crippen LogP contribution in [0.4, 0.5) is 4.70 Å². The Morgan fingerprint density at radius 3 is 1.08 bits per heavy atom. The standard InChI is InChI=1S/C36H47ClN2O8.C36H45ClN2O7.C29H39ClN2O7.FH.HIO6.IO4.Na.H2O.3H2/c1-21(2)17-29-34(44)46-28(23(4)31(41)32(42)25-11-8-7-9-12-25)13-10-14-30(40)39-27(19-24-16-15-22(3)26(37)18-24)33(43)38-20-36(5,6)35(45)47-29;1-21(2)17-29-34(42)44-28(23(4)31-32(46-31)25-11-8-7-9-12-25)13-10-14-30(40)39-27(19-24-16-15-22(3)26(37)18-24)33(41)38-20-36(5,6)35(43)45-29;1-17(2)12-24-27(36)38-23(19(4)15-33)8-7-9-25(34)32-22(14-20-11-10-18(3)21(30)13-20)26(35)31-16-29(5,6)28(37)39-24;;2-1(3,4)6-7-5;2-1(3,4)5;;;;;/h7-12,14-16,18,21,23,27-29,31-32,41-42H,13,17,19-20H2,1-6H3,(H,38,43)(H,39,40);7-12,14-16,18,21,23,27-29,31-32H,13,17,19-20H2,1-6H3,(H,38,41)(H,39,40);7,9-11,13,15,17,19,22-24H,8,12,14,16H2,1-6H3,(H,31,35)(H,32,34);1H;5H;;;1H2;3*1H/q;;;;;-1;+1;;;;/b2*14-10+;9-7+;;;;;;;;/t2*23-,27?,28-,29-,31-,32-;19-,22?,23+,24+;;;;;;;;/m001......../s1/i;;;;;;;;1+2;;. The van der Waals surface area contributed by atoms with Crippen LogP contribution in [0.5, 0.6) is 0 Å². The predicted octanol–water partition coefficient (Wildman–Crippen LogP) is -4.09. The number of esters is 6. The smallest absolute Gasteiger partial charge is 0.459 e. The van der Waals surface area contributed by atoms with Crippen LogP contribution in [0.1, 0.15) is 203 Å². The normalized spacial score (nSPS) is 23.7. The number of hydrogen-bond acceptors (Lipinski definition) is 32. The van der Waals surface area contributed by atoms with Crippen molar-refractivity contribution in [2.75, 3.05) is 19.6 Å². The van der Waals surface area contributed by atoms with E-state index in [0.717, 1.165) is 38.9 Å². The Hall–Kier alpha value is -8.67. The summed E-state index contributed by atoms with van der Waals surface area (Å²) in [5, 5.41) is 49.8. The van der Waals surface area contributed by atoms with E-state index in [-0.39, 0.29) is 157 Å². The van der Waals surface area contributed by atoms with E-state index in [1.54, 1.807) is 110 Å². The van der Waals surface area contributed by atoms with Crippen molar-refractivity contribution in [1.82, 2.24) is 31.9 Å². The van der Waals surface area contributed by atoms with Gasteiger partial charge < -0.3 is 85.5 Å². The number of halogens is 6. The first kappa shape index (κ1) is 134. The summed E-state index contributed by atoms with van der Waals surface area (Å²) in [6.45, 7) is 31.4. The van der Waals surface area contributed by atoms with Gasteiger partial charge in [-0.05, 0) is 180 Å². The van der Waals surface area contributed by atoms with Gasteiger partial charge in [-0.15, -0.1) is 0 Å². The summed E-state index contributed by atoms with van der Waals surface area (Å²) in [6.07, 6.45) is 1.34. The van der Waals surface area contributed by atoms with Gasteiger partial charge in [0.25, 0.3) is 0 Å². The monoisotopic (exact) mass is 2370 g/mol. The van der Waals surface area contributed by atoms with Crippen molar-refractivity contribution in [1.29, 1.82) is 0 Å². The van der Waals surface area contributed by atoms with Gasteiger partial charge in [-0.3, -0.25) is 71.9 Å². The molecule has 16 atom stereocenters. The first-order valence-electron chi connectivity index (χ1n) is 46.5. The van der Waals surface area contributed by atoms with Crippen LogP contribution < -0.4 is 126 Å². The number of epoxide rings is 1. The minimum atomic E-state index is -5.94. The Balaban J connectivity index is 0. The van der Waals surface area contributed by atoms with E-state index in [9.17, 15) is 82.8 Å². The summed E-state index contributed by atoms with van der Waals surface area (Å²) in [6, 6.07) is 31.7. The summed E-state index contributed by atoms with van der Waals surface area (Å²) in [7, 11) is 0. The summed E-state index contributed by atoms with van der Waals surface area (Å²) < 4.78 is 106. The molecule has 0 aromatic heterocycles. The molecule has 0 saturated carbocycles. The number of aliphatic hydroxyl groups excluding tert-OH is 2. The third-order valence-corrected chi connectivity index (χ3v) is 25.1. The molecule has 0 spiro atoms. The molecule has 11 N–H and O–H groups in total. The second-order valence-electron chi connectivity index (χ2n) is 38.6. The SMILES string of the molecule is Cc1ccc(CC2NC(=O)/C=C/C[C@@H]([C@H](C)C=O)OC(=O)[C@H](CC(C)C)OC(=O)C(C)(C)CNC2=O)cc1Cl.Cc1ccc(CC2NC(=O)/C=C/C[C@@H]([C@H](C)[C@@H]3O[C@H]3c3ccccc3)OC(=O)[C@H](CC(C)C)OC(=O)C(C)(C)CNC2=O)cc1Cl.Cc1ccc(CC2NC(=O)/C=C/C[C@@H]([C@H](C)[C@H](O)[C@@H](O)c3ccccc3)OC(=O)[C@H](CC(C)C)OC(=O)C(C)(C)CNC2=O)cc1Cl.F.O.[3HH].[HH].[HH].[Na+].[O-][I+3]([O-])([O-])OOO.[O-][I+3]([O-])([O-])[O-]. The second kappa shape index (κ2) is 63.6. The summed E-state index contributed by atoms with van der Waals surface area (Å²) in [4.78, 5) is 170. The third kappa shape index (κ3) is 48.2. The first-order valence-corrected chi connectivity index (χ1v) is 54.6. The van der Waals surface area contributed by atoms with Gasteiger partial charge in [-0.25, -0.2) is 19.6 Å².